The highest BCUT2D eigenvalue weighted by Gasteiger charge is 2.23. The Morgan fingerprint density at radius 3 is 2.67 bits per heavy atom. The van der Waals surface area contributed by atoms with Gasteiger partial charge in [-0.15, -0.1) is 10.2 Å². The van der Waals surface area contributed by atoms with Gasteiger partial charge in [-0.3, -0.25) is 10.1 Å². The summed E-state index contributed by atoms with van der Waals surface area (Å²) in [5.41, 5.74) is 1.97. The van der Waals surface area contributed by atoms with Crippen LogP contribution in [0.3, 0.4) is 0 Å². The first-order valence-electron chi connectivity index (χ1n) is 9.15. The Bertz CT molecular complexity index is 791. The smallest absolute Gasteiger partial charge is 0.321 e. The number of rotatable bonds is 5. The number of hydrogen-bond donors (Lipinski definition) is 2. The number of nitrogens with one attached hydrogen (secondary N) is 2. The predicted octanol–water partition coefficient (Wildman–Crippen LogP) is 3.54. The molecule has 3 amide bonds. The summed E-state index contributed by atoms with van der Waals surface area (Å²) in [6.45, 7) is 4.13. The van der Waals surface area contributed by atoms with Crippen molar-refractivity contribution in [3.63, 3.8) is 0 Å². The van der Waals surface area contributed by atoms with Gasteiger partial charge in [0.25, 0.3) is 5.22 Å². The van der Waals surface area contributed by atoms with Crippen molar-refractivity contribution in [3.8, 4) is 11.5 Å². The second-order valence-electron chi connectivity index (χ2n) is 6.92. The van der Waals surface area contributed by atoms with Crippen LogP contribution in [-0.2, 0) is 4.79 Å². The Morgan fingerprint density at radius 1 is 1.19 bits per heavy atom. The summed E-state index contributed by atoms with van der Waals surface area (Å²) in [5.74, 6) is 0.481. The second-order valence-corrected chi connectivity index (χ2v) is 7.84. The number of imide groups is 1. The van der Waals surface area contributed by atoms with Gasteiger partial charge in [-0.2, -0.15) is 0 Å². The summed E-state index contributed by atoms with van der Waals surface area (Å²) in [5, 5.41) is 13.5. The van der Waals surface area contributed by atoms with Crippen molar-refractivity contribution < 1.29 is 14.0 Å². The molecule has 1 aliphatic carbocycles. The predicted molar refractivity (Wildman–Crippen MR) is 103 cm³/mol. The van der Waals surface area contributed by atoms with Crippen LogP contribution < -0.4 is 10.6 Å². The normalized spacial score (nSPS) is 19.5. The lowest BCUT2D eigenvalue weighted by Gasteiger charge is -2.29. The van der Waals surface area contributed by atoms with E-state index in [9.17, 15) is 9.59 Å². The number of aromatic nitrogens is 2. The summed E-state index contributed by atoms with van der Waals surface area (Å²) in [7, 11) is 0. The minimum absolute atomic E-state index is 0.0309. The number of benzene rings is 1. The molecule has 2 atom stereocenters. The second kappa shape index (κ2) is 9.03. The van der Waals surface area contributed by atoms with Crippen LogP contribution in [0.2, 0.25) is 0 Å². The van der Waals surface area contributed by atoms with Gasteiger partial charge in [-0.25, -0.2) is 4.79 Å². The van der Waals surface area contributed by atoms with Gasteiger partial charge < -0.3 is 9.73 Å². The largest absolute Gasteiger partial charge is 0.411 e. The molecule has 8 heteroatoms. The Hall–Kier alpha value is -2.35. The number of thioether (sulfide) groups is 1. The van der Waals surface area contributed by atoms with E-state index < -0.39 is 11.9 Å². The third kappa shape index (κ3) is 5.56. The van der Waals surface area contributed by atoms with E-state index >= 15 is 0 Å². The van der Waals surface area contributed by atoms with E-state index in [1.54, 1.807) is 0 Å². The van der Waals surface area contributed by atoms with Crippen molar-refractivity contribution in [1.82, 2.24) is 20.8 Å². The van der Waals surface area contributed by atoms with Crippen LogP contribution in [0.1, 0.15) is 38.2 Å². The number of hydrogen-bond acceptors (Lipinski definition) is 6. The standard InChI is InChI=1S/C19H24N4O3S/c1-12-7-9-14(10-8-12)17-22-23-19(26-17)27-11-16(24)21-18(25)20-15-6-4-3-5-13(15)2/h7-10,13,15H,3-6,11H2,1-2H3,(H2,20,21,24,25)/t13-,15-/m1/s1. The summed E-state index contributed by atoms with van der Waals surface area (Å²) in [6.07, 6.45) is 4.38. The van der Waals surface area contributed by atoms with E-state index in [-0.39, 0.29) is 11.8 Å². The van der Waals surface area contributed by atoms with Crippen molar-refractivity contribution in [1.29, 1.82) is 0 Å². The number of carbonyl (C=O) groups is 2. The maximum atomic E-state index is 12.0. The molecule has 0 spiro atoms. The molecule has 144 valence electrons. The highest BCUT2D eigenvalue weighted by Crippen LogP contribution is 2.24. The maximum Gasteiger partial charge on any atom is 0.321 e. The minimum Gasteiger partial charge on any atom is -0.411 e. The lowest BCUT2D eigenvalue weighted by molar-refractivity contribution is -0.117. The summed E-state index contributed by atoms with van der Waals surface area (Å²) < 4.78 is 5.56. The number of nitrogens with zero attached hydrogens (tertiary/aromatic N) is 2. The summed E-state index contributed by atoms with van der Waals surface area (Å²) >= 11 is 1.10. The Labute approximate surface area is 162 Å². The lowest BCUT2D eigenvalue weighted by Crippen LogP contribution is -2.48. The van der Waals surface area contributed by atoms with E-state index in [1.165, 1.54) is 6.42 Å². The Balaban J connectivity index is 1.45. The van der Waals surface area contributed by atoms with Gasteiger partial charge >= 0.3 is 6.03 Å². The van der Waals surface area contributed by atoms with Crippen LogP contribution in [0.5, 0.6) is 0 Å². The SMILES string of the molecule is Cc1ccc(-c2nnc(SCC(=O)NC(=O)N[C@@H]3CCCC[C@H]3C)o2)cc1. The summed E-state index contributed by atoms with van der Waals surface area (Å²) in [6, 6.07) is 7.43. The van der Waals surface area contributed by atoms with Gasteiger partial charge in [-0.05, 0) is 37.8 Å². The van der Waals surface area contributed by atoms with Crippen molar-refractivity contribution in [2.24, 2.45) is 5.92 Å². The molecule has 0 aliphatic heterocycles. The molecule has 3 rings (SSSR count). The van der Waals surface area contributed by atoms with Gasteiger partial charge in [0, 0.05) is 11.6 Å². The molecule has 0 saturated heterocycles. The van der Waals surface area contributed by atoms with Crippen molar-refractivity contribution >= 4 is 23.7 Å². The van der Waals surface area contributed by atoms with E-state index in [4.69, 9.17) is 4.42 Å². The van der Waals surface area contributed by atoms with Gasteiger partial charge in [0.1, 0.15) is 0 Å². The van der Waals surface area contributed by atoms with E-state index in [0.717, 1.165) is 42.2 Å². The Morgan fingerprint density at radius 2 is 1.93 bits per heavy atom. The minimum atomic E-state index is -0.440. The number of aryl methyl sites for hydroxylation is 1. The zero-order valence-corrected chi connectivity index (χ0v) is 16.3. The van der Waals surface area contributed by atoms with Gasteiger partial charge in [-0.1, -0.05) is 49.2 Å². The number of carbonyl (C=O) groups excluding carboxylic acids is 2. The molecule has 1 saturated carbocycles. The van der Waals surface area contributed by atoms with Crippen molar-refractivity contribution in [2.45, 2.75) is 50.8 Å². The molecule has 1 aromatic heterocycles. The molecule has 2 N–H and O–H groups in total. The molecule has 1 aliphatic rings. The highest BCUT2D eigenvalue weighted by atomic mass is 32.2. The number of amides is 3. The zero-order valence-electron chi connectivity index (χ0n) is 15.5. The number of urea groups is 1. The van der Waals surface area contributed by atoms with Crippen molar-refractivity contribution in [3.05, 3.63) is 29.8 Å². The molecule has 1 aromatic carbocycles. The fourth-order valence-corrected chi connectivity index (χ4v) is 3.67. The van der Waals surface area contributed by atoms with E-state index in [2.05, 4.69) is 27.8 Å². The summed E-state index contributed by atoms with van der Waals surface area (Å²) in [4.78, 5) is 24.0. The quantitative estimate of drug-likeness (QED) is 0.761. The van der Waals surface area contributed by atoms with Crippen LogP contribution >= 0.6 is 11.8 Å². The van der Waals surface area contributed by atoms with Gasteiger partial charge in [0.05, 0.1) is 5.75 Å². The van der Waals surface area contributed by atoms with Crippen LogP contribution in [0.4, 0.5) is 4.79 Å². The third-order valence-corrected chi connectivity index (χ3v) is 5.53. The molecular formula is C19H24N4O3S. The molecule has 2 aromatic rings. The molecule has 27 heavy (non-hydrogen) atoms. The monoisotopic (exact) mass is 388 g/mol. The van der Waals surface area contributed by atoms with Crippen LogP contribution in [0, 0.1) is 12.8 Å². The first kappa shape index (κ1) is 19.4. The van der Waals surface area contributed by atoms with Crippen LogP contribution in [0.15, 0.2) is 33.9 Å². The molecule has 0 radical (unpaired) electrons. The van der Waals surface area contributed by atoms with E-state index in [1.807, 2.05) is 31.2 Å². The topological polar surface area (TPSA) is 97.1 Å². The molecule has 7 nitrogen and oxygen atoms in total. The molecule has 1 heterocycles. The third-order valence-electron chi connectivity index (χ3n) is 4.71. The van der Waals surface area contributed by atoms with Gasteiger partial charge in [0.15, 0.2) is 0 Å². The van der Waals surface area contributed by atoms with E-state index in [0.29, 0.717) is 17.0 Å². The molecule has 0 unspecified atom stereocenters. The fourth-order valence-electron chi connectivity index (χ4n) is 3.11. The molecule has 0 bridgehead atoms. The van der Waals surface area contributed by atoms with Gasteiger partial charge in [0.2, 0.25) is 11.8 Å². The first-order chi connectivity index (χ1) is 13.0. The fraction of sp³-hybridized carbons (Fsp3) is 0.474. The van der Waals surface area contributed by atoms with Crippen molar-refractivity contribution in [2.75, 3.05) is 5.75 Å². The maximum absolute atomic E-state index is 12.0. The average molecular weight is 388 g/mol. The molecule has 1 fully saturated rings. The molecular weight excluding hydrogens is 364 g/mol. The first-order valence-corrected chi connectivity index (χ1v) is 10.1. The average Bonchev–Trinajstić information content (AvgIpc) is 3.11. The van der Waals surface area contributed by atoms with Crippen LogP contribution in [0.25, 0.3) is 11.5 Å². The zero-order chi connectivity index (χ0) is 19.2. The van der Waals surface area contributed by atoms with Crippen LogP contribution in [-0.4, -0.2) is 33.9 Å². The lowest BCUT2D eigenvalue weighted by atomic mass is 9.86. The highest BCUT2D eigenvalue weighted by molar-refractivity contribution is 7.99. The Kier molecular flexibility index (Phi) is 6.49.